The molecular weight excluding hydrogens is 414 g/mol. The Morgan fingerprint density at radius 1 is 1.07 bits per heavy atom. The Balaban J connectivity index is 2.17. The van der Waals surface area contributed by atoms with Gasteiger partial charge in [-0.25, -0.2) is 8.42 Å². The first-order valence-corrected chi connectivity index (χ1v) is 10.7. The van der Waals surface area contributed by atoms with E-state index in [2.05, 4.69) is 10.6 Å². The smallest absolute Gasteiger partial charge is 0.264 e. The average molecular weight is 438 g/mol. The average Bonchev–Trinajstić information content (AvgIpc) is 2.64. The summed E-state index contributed by atoms with van der Waals surface area (Å²) < 4.78 is 26.9. The molecular formula is C20H24ClN3O4S. The molecule has 0 aliphatic rings. The van der Waals surface area contributed by atoms with Crippen LogP contribution in [0, 0.1) is 0 Å². The highest BCUT2D eigenvalue weighted by Gasteiger charge is 2.23. The summed E-state index contributed by atoms with van der Waals surface area (Å²) in [4.78, 5) is 24.2. The summed E-state index contributed by atoms with van der Waals surface area (Å²) in [5.41, 5.74) is 0.112. The number of hydrogen-bond donors (Lipinski definition) is 2. The Bertz CT molecular complexity index is 1020. The molecule has 0 fully saturated rings. The van der Waals surface area contributed by atoms with Crippen molar-refractivity contribution in [2.24, 2.45) is 0 Å². The van der Waals surface area contributed by atoms with Crippen molar-refractivity contribution in [3.63, 3.8) is 0 Å². The molecule has 0 saturated heterocycles. The predicted molar refractivity (Wildman–Crippen MR) is 114 cm³/mol. The third-order valence-electron chi connectivity index (χ3n) is 3.85. The quantitative estimate of drug-likeness (QED) is 0.726. The zero-order valence-electron chi connectivity index (χ0n) is 16.7. The first-order valence-electron chi connectivity index (χ1n) is 8.84. The van der Waals surface area contributed by atoms with Crippen LogP contribution in [0.2, 0.25) is 5.02 Å². The highest BCUT2D eigenvalue weighted by Crippen LogP contribution is 2.25. The number of amides is 2. The number of halogens is 1. The maximum Gasteiger partial charge on any atom is 0.264 e. The molecule has 0 spiro atoms. The molecule has 2 aromatic rings. The van der Waals surface area contributed by atoms with E-state index < -0.39 is 21.5 Å². The van der Waals surface area contributed by atoms with Crippen LogP contribution in [0.3, 0.4) is 0 Å². The van der Waals surface area contributed by atoms with E-state index in [1.165, 1.54) is 37.4 Å². The van der Waals surface area contributed by atoms with Crippen molar-refractivity contribution in [3.8, 4) is 0 Å². The van der Waals surface area contributed by atoms with Crippen molar-refractivity contribution in [1.29, 1.82) is 0 Å². The third-order valence-corrected chi connectivity index (χ3v) is 5.87. The lowest BCUT2D eigenvalue weighted by molar-refractivity contribution is -0.121. The zero-order valence-corrected chi connectivity index (χ0v) is 18.3. The molecule has 0 heterocycles. The minimum absolute atomic E-state index is 0.0493. The number of benzene rings is 2. The Morgan fingerprint density at radius 2 is 1.72 bits per heavy atom. The molecule has 7 nitrogen and oxygen atoms in total. The molecule has 2 N–H and O–H groups in total. The minimum atomic E-state index is -3.90. The summed E-state index contributed by atoms with van der Waals surface area (Å²) in [6.07, 6.45) is 0. The summed E-state index contributed by atoms with van der Waals surface area (Å²) in [6.45, 7) is 5.28. The van der Waals surface area contributed by atoms with Gasteiger partial charge in [-0.1, -0.05) is 23.7 Å². The van der Waals surface area contributed by atoms with Crippen LogP contribution in [0.15, 0.2) is 53.4 Å². The van der Waals surface area contributed by atoms with Gasteiger partial charge in [-0.3, -0.25) is 13.9 Å². The van der Waals surface area contributed by atoms with E-state index in [0.29, 0.717) is 10.7 Å². The van der Waals surface area contributed by atoms with Gasteiger partial charge in [-0.15, -0.1) is 0 Å². The standard InChI is InChI=1S/C20H24ClN3O4S/c1-20(2,3)23-18(25)13-22-19(26)14-7-5-10-17(11-14)29(27,28)24(4)16-9-6-8-15(21)12-16/h5-12H,13H2,1-4H3,(H,22,26)(H,23,25). The Kier molecular flexibility index (Phi) is 6.92. The van der Waals surface area contributed by atoms with Crippen molar-refractivity contribution < 1.29 is 18.0 Å². The number of carbonyl (C=O) groups is 2. The van der Waals surface area contributed by atoms with Crippen molar-refractivity contribution in [2.45, 2.75) is 31.2 Å². The molecule has 2 amide bonds. The van der Waals surface area contributed by atoms with Crippen LogP contribution in [-0.4, -0.2) is 39.4 Å². The van der Waals surface area contributed by atoms with E-state index in [-0.39, 0.29) is 22.9 Å². The lowest BCUT2D eigenvalue weighted by Gasteiger charge is -2.21. The topological polar surface area (TPSA) is 95.6 Å². The van der Waals surface area contributed by atoms with Crippen LogP contribution in [0.25, 0.3) is 0 Å². The van der Waals surface area contributed by atoms with Gasteiger partial charge in [-0.05, 0) is 57.2 Å². The zero-order chi connectivity index (χ0) is 21.8. The fraction of sp³-hybridized carbons (Fsp3) is 0.300. The van der Waals surface area contributed by atoms with Gasteiger partial charge in [0.05, 0.1) is 17.1 Å². The van der Waals surface area contributed by atoms with Crippen LogP contribution in [-0.2, 0) is 14.8 Å². The minimum Gasteiger partial charge on any atom is -0.350 e. The Morgan fingerprint density at radius 3 is 2.34 bits per heavy atom. The summed E-state index contributed by atoms with van der Waals surface area (Å²) in [5, 5.41) is 5.63. The van der Waals surface area contributed by atoms with E-state index in [1.54, 1.807) is 18.2 Å². The van der Waals surface area contributed by atoms with E-state index in [4.69, 9.17) is 11.6 Å². The molecule has 0 aromatic heterocycles. The van der Waals surface area contributed by atoms with Crippen LogP contribution in [0.5, 0.6) is 0 Å². The summed E-state index contributed by atoms with van der Waals surface area (Å²) in [7, 11) is -2.50. The molecule has 0 saturated carbocycles. The molecule has 0 atom stereocenters. The van der Waals surface area contributed by atoms with Crippen LogP contribution in [0.4, 0.5) is 5.69 Å². The fourth-order valence-electron chi connectivity index (χ4n) is 2.49. The van der Waals surface area contributed by atoms with Crippen molar-refractivity contribution in [3.05, 3.63) is 59.1 Å². The molecule has 0 unspecified atom stereocenters. The largest absolute Gasteiger partial charge is 0.350 e. The van der Waals surface area contributed by atoms with Crippen LogP contribution in [0.1, 0.15) is 31.1 Å². The molecule has 9 heteroatoms. The maximum atomic E-state index is 12.9. The SMILES string of the molecule is CN(c1cccc(Cl)c1)S(=O)(=O)c1cccc(C(=O)NCC(=O)NC(C)(C)C)c1. The van der Waals surface area contributed by atoms with Gasteiger partial charge in [-0.2, -0.15) is 0 Å². The van der Waals surface area contributed by atoms with Crippen LogP contribution >= 0.6 is 11.6 Å². The van der Waals surface area contributed by atoms with Gasteiger partial charge < -0.3 is 10.6 Å². The van der Waals surface area contributed by atoms with Crippen molar-refractivity contribution in [1.82, 2.24) is 10.6 Å². The van der Waals surface area contributed by atoms with Gasteiger partial charge in [0.25, 0.3) is 15.9 Å². The summed E-state index contributed by atoms with van der Waals surface area (Å²) in [5.74, 6) is -0.883. The first-order chi connectivity index (χ1) is 13.4. The Labute approximate surface area is 176 Å². The molecule has 2 rings (SSSR count). The van der Waals surface area contributed by atoms with Gasteiger partial charge in [0.1, 0.15) is 0 Å². The third kappa shape index (κ3) is 6.20. The molecule has 156 valence electrons. The summed E-state index contributed by atoms with van der Waals surface area (Å²) in [6, 6.07) is 12.1. The fourth-order valence-corrected chi connectivity index (χ4v) is 3.91. The highest BCUT2D eigenvalue weighted by molar-refractivity contribution is 7.92. The van der Waals surface area contributed by atoms with Gasteiger partial charge >= 0.3 is 0 Å². The van der Waals surface area contributed by atoms with Gasteiger partial charge in [0.15, 0.2) is 0 Å². The number of nitrogens with zero attached hydrogens (tertiary/aromatic N) is 1. The van der Waals surface area contributed by atoms with Gasteiger partial charge in [0.2, 0.25) is 5.91 Å². The molecule has 0 aliphatic carbocycles. The monoisotopic (exact) mass is 437 g/mol. The van der Waals surface area contributed by atoms with Crippen LogP contribution < -0.4 is 14.9 Å². The number of anilines is 1. The molecule has 0 radical (unpaired) electrons. The number of rotatable bonds is 6. The van der Waals surface area contributed by atoms with Crippen molar-refractivity contribution in [2.75, 3.05) is 17.9 Å². The normalized spacial score (nSPS) is 11.6. The Hall–Kier alpha value is -2.58. The molecule has 0 aliphatic heterocycles. The lowest BCUT2D eigenvalue weighted by Crippen LogP contribution is -2.45. The molecule has 2 aromatic carbocycles. The second-order valence-corrected chi connectivity index (χ2v) is 9.87. The highest BCUT2D eigenvalue weighted by atomic mass is 35.5. The van der Waals surface area contributed by atoms with E-state index >= 15 is 0 Å². The predicted octanol–water partition coefficient (Wildman–Crippen LogP) is 2.81. The van der Waals surface area contributed by atoms with Crippen molar-refractivity contribution >= 4 is 39.1 Å². The summed E-state index contributed by atoms with van der Waals surface area (Å²) >= 11 is 5.95. The number of hydrogen-bond acceptors (Lipinski definition) is 4. The number of carbonyl (C=O) groups excluding carboxylic acids is 2. The van der Waals surface area contributed by atoms with E-state index in [1.807, 2.05) is 20.8 Å². The molecule has 29 heavy (non-hydrogen) atoms. The second-order valence-electron chi connectivity index (χ2n) is 7.46. The van der Waals surface area contributed by atoms with E-state index in [0.717, 1.165) is 4.31 Å². The lowest BCUT2D eigenvalue weighted by atomic mass is 10.1. The first kappa shape index (κ1) is 22.7. The molecule has 0 bridgehead atoms. The number of nitrogens with one attached hydrogen (secondary N) is 2. The maximum absolute atomic E-state index is 12.9. The van der Waals surface area contributed by atoms with E-state index in [9.17, 15) is 18.0 Å². The number of sulfonamides is 1. The van der Waals surface area contributed by atoms with Gasteiger partial charge in [0, 0.05) is 23.2 Å². The second kappa shape index (κ2) is 8.84.